The Balaban J connectivity index is -0.0000000600. The van der Waals surface area contributed by atoms with Gasteiger partial charge in [0.25, 0.3) is 12.5 Å². The van der Waals surface area contributed by atoms with E-state index in [4.69, 9.17) is 20.7 Å². The first kappa shape index (κ1) is 15.7. The highest BCUT2D eigenvalue weighted by Gasteiger charge is 1.16. The predicted molar refractivity (Wildman–Crippen MR) is 31.0 cm³/mol. The van der Waals surface area contributed by atoms with E-state index in [2.05, 4.69) is 6.58 Å². The third-order valence-electron chi connectivity index (χ3n) is 0. The Bertz CT molecular complexity index is 97.1. The van der Waals surface area contributed by atoms with Gasteiger partial charge in [0.05, 0.1) is 0 Å². The lowest BCUT2D eigenvalue weighted by molar-refractivity contribution is 0.502. The molecule has 0 atom stereocenters. The average Bonchev–Trinajstić information content (AvgIpc) is 1.70. The molecule has 0 bridgehead atoms. The highest BCUT2D eigenvalue weighted by atomic mass is 16.2. The first-order chi connectivity index (χ1) is 4.24. The molecular formula is C5H8N2O2. The Labute approximate surface area is 53.9 Å². The number of nitrogens with zero attached hydrogens (tertiary/aromatic N) is 2. The molecule has 0 radical (unpaired) electrons. The van der Waals surface area contributed by atoms with Crippen LogP contribution in [0, 0.1) is 23.0 Å². The van der Waals surface area contributed by atoms with E-state index in [-0.39, 0.29) is 0 Å². The highest BCUT2D eigenvalue weighted by molar-refractivity contribution is 4.51. The van der Waals surface area contributed by atoms with Crippen molar-refractivity contribution in [2.45, 2.75) is 6.92 Å². The normalized spacial score (nSPS) is 3.00. The van der Waals surface area contributed by atoms with Gasteiger partial charge in [-0.15, -0.1) is 6.58 Å². The number of aliphatic hydroxyl groups excluding tert-OH is 2. The third kappa shape index (κ3) is 41.8. The number of hydrogen-bond donors (Lipinski definition) is 2. The van der Waals surface area contributed by atoms with Crippen LogP contribution in [0.1, 0.15) is 6.92 Å². The number of hydrogen-bond acceptors (Lipinski definition) is 4. The highest BCUT2D eigenvalue weighted by Crippen LogP contribution is 1.38. The van der Waals surface area contributed by atoms with E-state index in [1.165, 1.54) is 0 Å². The minimum Gasteiger partial charge on any atom is -0.443 e. The molecule has 0 unspecified atom stereocenters. The maximum atomic E-state index is 6.88. The Morgan fingerprint density at radius 3 is 1.33 bits per heavy atom. The van der Waals surface area contributed by atoms with Crippen molar-refractivity contribution < 1.29 is 10.2 Å². The second-order valence-corrected chi connectivity index (χ2v) is 0.608. The molecule has 0 saturated carbocycles. The Hall–Kier alpha value is -1.68. The van der Waals surface area contributed by atoms with E-state index in [1.807, 2.05) is 6.92 Å². The lowest BCUT2D eigenvalue weighted by atomic mass is 10.8. The van der Waals surface area contributed by atoms with Crippen molar-refractivity contribution in [1.82, 2.24) is 0 Å². The number of nitriles is 2. The minimum atomic E-state index is 0.750. The molecular weight excluding hydrogens is 120 g/mol. The van der Waals surface area contributed by atoms with Gasteiger partial charge in [-0.25, -0.2) is 0 Å². The molecule has 0 saturated heterocycles. The van der Waals surface area contributed by atoms with Gasteiger partial charge in [-0.05, 0) is 6.92 Å². The Kier molecular flexibility index (Phi) is 179. The summed E-state index contributed by atoms with van der Waals surface area (Å²) in [6, 6.07) is 0. The smallest absolute Gasteiger partial charge is 0.283 e. The zero-order valence-electron chi connectivity index (χ0n) is 5.07. The number of allylic oxidation sites excluding steroid dienone is 1. The van der Waals surface area contributed by atoms with E-state index < -0.39 is 0 Å². The predicted octanol–water partition coefficient (Wildman–Crippen LogP) is 0.872. The summed E-state index contributed by atoms with van der Waals surface area (Å²) in [7, 11) is 0. The van der Waals surface area contributed by atoms with Crippen LogP contribution in [0.4, 0.5) is 0 Å². The molecule has 0 aliphatic rings. The standard InChI is InChI=1S/C3H6.2CHNO/c1-3-2;2*2-1-3/h3H,1H2,2H3;2*3H. The van der Waals surface area contributed by atoms with Crippen molar-refractivity contribution in [3.05, 3.63) is 12.7 Å². The molecule has 4 heteroatoms. The van der Waals surface area contributed by atoms with Crippen LogP contribution < -0.4 is 0 Å². The zero-order valence-corrected chi connectivity index (χ0v) is 5.07. The minimum absolute atomic E-state index is 0.750. The van der Waals surface area contributed by atoms with Crippen molar-refractivity contribution in [3.8, 4) is 12.5 Å². The molecule has 0 aliphatic carbocycles. The van der Waals surface area contributed by atoms with E-state index >= 15 is 0 Å². The second kappa shape index (κ2) is 103. The molecule has 0 amide bonds. The van der Waals surface area contributed by atoms with E-state index in [0.29, 0.717) is 0 Å². The first-order valence-corrected chi connectivity index (χ1v) is 1.88. The summed E-state index contributed by atoms with van der Waals surface area (Å²) in [4.78, 5) is 0. The van der Waals surface area contributed by atoms with E-state index in [1.54, 1.807) is 6.08 Å². The molecule has 0 fully saturated rings. The fraction of sp³-hybridized carbons (Fsp3) is 0.200. The number of aliphatic hydroxyl groups is 2. The molecule has 0 aromatic rings. The topological polar surface area (TPSA) is 88.0 Å². The summed E-state index contributed by atoms with van der Waals surface area (Å²) >= 11 is 0. The summed E-state index contributed by atoms with van der Waals surface area (Å²) < 4.78 is 0. The molecule has 4 nitrogen and oxygen atoms in total. The van der Waals surface area contributed by atoms with Crippen LogP contribution in [0.15, 0.2) is 12.7 Å². The summed E-state index contributed by atoms with van der Waals surface area (Å²) in [5.74, 6) is 0. The molecule has 0 heterocycles. The van der Waals surface area contributed by atoms with Crippen molar-refractivity contribution in [2.75, 3.05) is 0 Å². The van der Waals surface area contributed by atoms with Crippen molar-refractivity contribution in [1.29, 1.82) is 10.5 Å². The van der Waals surface area contributed by atoms with Gasteiger partial charge < -0.3 is 10.2 Å². The van der Waals surface area contributed by atoms with Gasteiger partial charge >= 0.3 is 0 Å². The maximum Gasteiger partial charge on any atom is 0.283 e. The lowest BCUT2D eigenvalue weighted by Gasteiger charge is -1.31. The van der Waals surface area contributed by atoms with E-state index in [0.717, 1.165) is 12.5 Å². The largest absolute Gasteiger partial charge is 0.443 e. The molecule has 0 aromatic heterocycles. The monoisotopic (exact) mass is 128 g/mol. The van der Waals surface area contributed by atoms with Crippen LogP contribution in [-0.2, 0) is 0 Å². The fourth-order valence-corrected chi connectivity index (χ4v) is 0. The van der Waals surface area contributed by atoms with Crippen LogP contribution in [0.3, 0.4) is 0 Å². The molecule has 0 aliphatic heterocycles. The van der Waals surface area contributed by atoms with Crippen LogP contribution in [0.5, 0.6) is 0 Å². The maximum absolute atomic E-state index is 6.88. The SMILES string of the molecule is C=CC.N#CO.N#CO. The van der Waals surface area contributed by atoms with Crippen LogP contribution in [0.25, 0.3) is 0 Å². The Morgan fingerprint density at radius 1 is 1.33 bits per heavy atom. The average molecular weight is 128 g/mol. The summed E-state index contributed by atoms with van der Waals surface area (Å²) in [5, 5.41) is 27.5. The fourth-order valence-electron chi connectivity index (χ4n) is 0. The zero-order chi connectivity index (χ0) is 8.12. The third-order valence-corrected chi connectivity index (χ3v) is 0. The van der Waals surface area contributed by atoms with Gasteiger partial charge in [0, 0.05) is 0 Å². The first-order valence-electron chi connectivity index (χ1n) is 1.88. The summed E-state index contributed by atoms with van der Waals surface area (Å²) in [6.45, 7) is 5.25. The van der Waals surface area contributed by atoms with Gasteiger partial charge in [-0.2, -0.15) is 10.5 Å². The Morgan fingerprint density at radius 2 is 1.33 bits per heavy atom. The molecule has 0 rings (SSSR count). The van der Waals surface area contributed by atoms with Crippen LogP contribution >= 0.6 is 0 Å². The molecule has 9 heavy (non-hydrogen) atoms. The van der Waals surface area contributed by atoms with Crippen LogP contribution in [-0.4, -0.2) is 10.2 Å². The number of rotatable bonds is 0. The van der Waals surface area contributed by atoms with Gasteiger partial charge in [0.2, 0.25) is 0 Å². The molecule has 2 N–H and O–H groups in total. The van der Waals surface area contributed by atoms with Crippen molar-refractivity contribution in [2.24, 2.45) is 0 Å². The van der Waals surface area contributed by atoms with Gasteiger partial charge in [0.15, 0.2) is 0 Å². The van der Waals surface area contributed by atoms with Gasteiger partial charge in [-0.1, -0.05) is 6.08 Å². The van der Waals surface area contributed by atoms with Crippen LogP contribution in [0.2, 0.25) is 0 Å². The van der Waals surface area contributed by atoms with Gasteiger partial charge in [-0.3, -0.25) is 0 Å². The molecule has 0 aromatic carbocycles. The molecule has 0 spiro atoms. The van der Waals surface area contributed by atoms with Crippen molar-refractivity contribution >= 4 is 0 Å². The quantitative estimate of drug-likeness (QED) is 0.374. The second-order valence-electron chi connectivity index (χ2n) is 0.608. The van der Waals surface area contributed by atoms with E-state index in [9.17, 15) is 0 Å². The lowest BCUT2D eigenvalue weighted by Crippen LogP contribution is -1.27. The van der Waals surface area contributed by atoms with Crippen molar-refractivity contribution in [3.63, 3.8) is 0 Å². The molecule has 50 valence electrons. The van der Waals surface area contributed by atoms with Gasteiger partial charge in [0.1, 0.15) is 0 Å². The summed E-state index contributed by atoms with van der Waals surface area (Å²) in [6.07, 6.45) is 3.25. The summed E-state index contributed by atoms with van der Waals surface area (Å²) in [5.41, 5.74) is 0.